The van der Waals surface area contributed by atoms with Crippen LogP contribution in [0, 0.1) is 0 Å². The molecule has 0 unspecified atom stereocenters. The Kier molecular flexibility index (Phi) is 3.00. The SMILES string of the molecule is O=C(O)C(F)(F)Cc1cc(Cl)ccn1. The van der Waals surface area contributed by atoms with Crippen molar-refractivity contribution in [2.24, 2.45) is 0 Å². The summed E-state index contributed by atoms with van der Waals surface area (Å²) in [6.07, 6.45) is 0.290. The van der Waals surface area contributed by atoms with Crippen LogP contribution < -0.4 is 0 Å². The van der Waals surface area contributed by atoms with Gasteiger partial charge >= 0.3 is 11.9 Å². The van der Waals surface area contributed by atoms with E-state index < -0.39 is 18.3 Å². The summed E-state index contributed by atoms with van der Waals surface area (Å²) in [5, 5.41) is 8.41. The van der Waals surface area contributed by atoms with Gasteiger partial charge in [-0.05, 0) is 12.1 Å². The Morgan fingerprint density at radius 1 is 1.64 bits per heavy atom. The molecule has 1 rings (SSSR count). The van der Waals surface area contributed by atoms with Crippen molar-refractivity contribution in [3.8, 4) is 0 Å². The maximum atomic E-state index is 12.7. The van der Waals surface area contributed by atoms with E-state index in [0.29, 0.717) is 0 Å². The van der Waals surface area contributed by atoms with Crippen molar-refractivity contribution < 1.29 is 18.7 Å². The topological polar surface area (TPSA) is 50.2 Å². The molecule has 1 aromatic rings. The predicted octanol–water partition coefficient (Wildman–Crippen LogP) is 2.00. The molecular formula is C8H6ClF2NO2. The number of carbonyl (C=O) groups is 1. The maximum Gasteiger partial charge on any atom is 0.374 e. The fraction of sp³-hybridized carbons (Fsp3) is 0.250. The van der Waals surface area contributed by atoms with Crippen LogP contribution in [-0.2, 0) is 11.2 Å². The average Bonchev–Trinajstić information content (AvgIpc) is 2.02. The number of aliphatic carboxylic acids is 1. The third kappa shape index (κ3) is 2.63. The van der Waals surface area contributed by atoms with Crippen LogP contribution >= 0.6 is 11.6 Å². The molecule has 0 aromatic carbocycles. The molecule has 14 heavy (non-hydrogen) atoms. The van der Waals surface area contributed by atoms with Gasteiger partial charge in [-0.2, -0.15) is 8.78 Å². The molecule has 3 nitrogen and oxygen atoms in total. The molecule has 0 fully saturated rings. The molecule has 0 saturated carbocycles. The van der Waals surface area contributed by atoms with Crippen molar-refractivity contribution >= 4 is 17.6 Å². The minimum Gasteiger partial charge on any atom is -0.477 e. The number of hydrogen-bond donors (Lipinski definition) is 1. The Labute approximate surface area is 83.3 Å². The first-order chi connectivity index (χ1) is 6.42. The highest BCUT2D eigenvalue weighted by Crippen LogP contribution is 2.20. The van der Waals surface area contributed by atoms with Gasteiger partial charge in [0.25, 0.3) is 0 Å². The second kappa shape index (κ2) is 3.88. The highest BCUT2D eigenvalue weighted by Gasteiger charge is 2.39. The number of nitrogens with zero attached hydrogens (tertiary/aromatic N) is 1. The van der Waals surface area contributed by atoms with Crippen LogP contribution in [0.2, 0.25) is 5.02 Å². The zero-order chi connectivity index (χ0) is 10.8. The normalized spacial score (nSPS) is 11.4. The lowest BCUT2D eigenvalue weighted by molar-refractivity contribution is -0.164. The number of aromatic nitrogens is 1. The molecule has 0 aliphatic rings. The number of hydrogen-bond acceptors (Lipinski definition) is 2. The van der Waals surface area contributed by atoms with Gasteiger partial charge in [0.2, 0.25) is 0 Å². The molecule has 0 spiro atoms. The first-order valence-corrected chi connectivity index (χ1v) is 4.01. The monoisotopic (exact) mass is 221 g/mol. The molecule has 1 heterocycles. The molecule has 1 aromatic heterocycles. The van der Waals surface area contributed by atoms with Gasteiger partial charge < -0.3 is 5.11 Å². The molecule has 0 radical (unpaired) electrons. The number of rotatable bonds is 3. The van der Waals surface area contributed by atoms with Gasteiger partial charge in [-0.15, -0.1) is 0 Å². The third-order valence-corrected chi connectivity index (χ3v) is 1.73. The fourth-order valence-electron chi connectivity index (χ4n) is 0.849. The van der Waals surface area contributed by atoms with Crippen LogP contribution in [0.25, 0.3) is 0 Å². The van der Waals surface area contributed by atoms with Crippen LogP contribution in [0.1, 0.15) is 5.69 Å². The van der Waals surface area contributed by atoms with E-state index in [4.69, 9.17) is 16.7 Å². The highest BCUT2D eigenvalue weighted by atomic mass is 35.5. The van der Waals surface area contributed by atoms with E-state index in [1.165, 1.54) is 18.3 Å². The van der Waals surface area contributed by atoms with Crippen LogP contribution in [0.3, 0.4) is 0 Å². The fourth-order valence-corrected chi connectivity index (χ4v) is 1.03. The lowest BCUT2D eigenvalue weighted by atomic mass is 10.2. The molecule has 0 atom stereocenters. The minimum atomic E-state index is -3.81. The Balaban J connectivity index is 2.83. The van der Waals surface area contributed by atoms with Gasteiger partial charge in [0.1, 0.15) is 0 Å². The van der Waals surface area contributed by atoms with Crippen LogP contribution in [-0.4, -0.2) is 22.0 Å². The number of carboxylic acid groups (broad SMARTS) is 1. The smallest absolute Gasteiger partial charge is 0.374 e. The Bertz CT molecular complexity index is 357. The van der Waals surface area contributed by atoms with E-state index in [0.717, 1.165) is 0 Å². The van der Waals surface area contributed by atoms with E-state index in [2.05, 4.69) is 4.98 Å². The minimum absolute atomic E-state index is 0.0510. The van der Waals surface area contributed by atoms with Gasteiger partial charge in [0.05, 0.1) is 6.42 Å². The van der Waals surface area contributed by atoms with E-state index in [9.17, 15) is 13.6 Å². The van der Waals surface area contributed by atoms with Crippen molar-refractivity contribution in [1.29, 1.82) is 0 Å². The third-order valence-electron chi connectivity index (χ3n) is 1.49. The van der Waals surface area contributed by atoms with Crippen molar-refractivity contribution in [2.45, 2.75) is 12.3 Å². The molecule has 1 N–H and O–H groups in total. The molecule has 0 aliphatic carbocycles. The van der Waals surface area contributed by atoms with Gasteiger partial charge in [-0.25, -0.2) is 4.79 Å². The largest absolute Gasteiger partial charge is 0.477 e. The summed E-state index contributed by atoms with van der Waals surface area (Å²) in [4.78, 5) is 13.7. The summed E-state index contributed by atoms with van der Waals surface area (Å²) in [5.41, 5.74) is -0.0510. The predicted molar refractivity (Wildman–Crippen MR) is 45.5 cm³/mol. The van der Waals surface area contributed by atoms with E-state index in [1.54, 1.807) is 0 Å². The van der Waals surface area contributed by atoms with E-state index in [-0.39, 0.29) is 10.7 Å². The van der Waals surface area contributed by atoms with Gasteiger partial charge in [-0.1, -0.05) is 11.6 Å². The number of halogens is 3. The Morgan fingerprint density at radius 3 is 2.79 bits per heavy atom. The van der Waals surface area contributed by atoms with Gasteiger partial charge in [-0.3, -0.25) is 4.98 Å². The molecule has 6 heteroatoms. The lowest BCUT2D eigenvalue weighted by Crippen LogP contribution is -2.31. The number of carboxylic acids is 1. The summed E-state index contributed by atoms with van der Waals surface area (Å²) in [6, 6.07) is 2.63. The van der Waals surface area contributed by atoms with E-state index in [1.807, 2.05) is 0 Å². The van der Waals surface area contributed by atoms with Crippen molar-refractivity contribution in [3.05, 3.63) is 29.0 Å². The second-order valence-electron chi connectivity index (χ2n) is 2.65. The van der Waals surface area contributed by atoms with Crippen molar-refractivity contribution in [3.63, 3.8) is 0 Å². The van der Waals surface area contributed by atoms with E-state index >= 15 is 0 Å². The summed E-state index contributed by atoms with van der Waals surface area (Å²) >= 11 is 5.52. The van der Waals surface area contributed by atoms with Crippen molar-refractivity contribution in [2.75, 3.05) is 0 Å². The summed E-state index contributed by atoms with van der Waals surface area (Å²) in [6.45, 7) is 0. The van der Waals surface area contributed by atoms with Crippen LogP contribution in [0.4, 0.5) is 8.78 Å². The average molecular weight is 222 g/mol. The highest BCUT2D eigenvalue weighted by molar-refractivity contribution is 6.30. The van der Waals surface area contributed by atoms with Gasteiger partial charge in [0.15, 0.2) is 0 Å². The summed E-state index contributed by atoms with van der Waals surface area (Å²) in [7, 11) is 0. The van der Waals surface area contributed by atoms with Crippen LogP contribution in [0.15, 0.2) is 18.3 Å². The number of pyridine rings is 1. The molecule has 0 aliphatic heterocycles. The number of alkyl halides is 2. The second-order valence-corrected chi connectivity index (χ2v) is 3.09. The molecule has 0 saturated heterocycles. The zero-order valence-corrected chi connectivity index (χ0v) is 7.63. The Hall–Kier alpha value is -1.23. The van der Waals surface area contributed by atoms with Crippen molar-refractivity contribution in [1.82, 2.24) is 4.98 Å². The van der Waals surface area contributed by atoms with Gasteiger partial charge in [0, 0.05) is 16.9 Å². The summed E-state index contributed by atoms with van der Waals surface area (Å²) < 4.78 is 25.4. The quantitative estimate of drug-likeness (QED) is 0.849. The maximum absolute atomic E-state index is 12.7. The molecule has 0 bridgehead atoms. The first kappa shape index (κ1) is 10.8. The lowest BCUT2D eigenvalue weighted by Gasteiger charge is -2.09. The first-order valence-electron chi connectivity index (χ1n) is 3.63. The molecular weight excluding hydrogens is 216 g/mol. The zero-order valence-electron chi connectivity index (χ0n) is 6.88. The Morgan fingerprint density at radius 2 is 2.29 bits per heavy atom. The summed E-state index contributed by atoms with van der Waals surface area (Å²) in [5.74, 6) is -5.98. The van der Waals surface area contributed by atoms with Crippen LogP contribution in [0.5, 0.6) is 0 Å². The molecule has 76 valence electrons. The standard InChI is InChI=1S/C8H6ClF2NO2/c9-5-1-2-12-6(3-5)4-8(10,11)7(13)14/h1-3H,4H2,(H,13,14). The molecule has 0 amide bonds.